The molecule has 0 spiro atoms. The highest BCUT2D eigenvalue weighted by Crippen LogP contribution is 2.47. The molecule has 3 N–H and O–H groups in total. The number of aryl methyl sites for hydroxylation is 1. The van der Waals surface area contributed by atoms with E-state index < -0.39 is 11.5 Å². The summed E-state index contributed by atoms with van der Waals surface area (Å²) in [5, 5.41) is 11.9. The molecular formula is C21H23N5O2. The highest BCUT2D eigenvalue weighted by Gasteiger charge is 2.51. The predicted molar refractivity (Wildman–Crippen MR) is 105 cm³/mol. The summed E-state index contributed by atoms with van der Waals surface area (Å²) in [6, 6.07) is 3.83. The fraction of sp³-hybridized carbons (Fsp3) is 0.381. The van der Waals surface area contributed by atoms with Crippen LogP contribution in [0, 0.1) is 6.92 Å². The minimum absolute atomic E-state index is 0.318. The summed E-state index contributed by atoms with van der Waals surface area (Å²) < 4.78 is 0. The van der Waals surface area contributed by atoms with Crippen LogP contribution < -0.4 is 5.73 Å². The van der Waals surface area contributed by atoms with Crippen LogP contribution in [0.2, 0.25) is 0 Å². The molecule has 3 heterocycles. The first-order valence-electron chi connectivity index (χ1n) is 9.53. The maximum Gasteiger partial charge on any atom is 0.229 e. The summed E-state index contributed by atoms with van der Waals surface area (Å²) in [6.45, 7) is 3.90. The van der Waals surface area contributed by atoms with Crippen LogP contribution in [0.25, 0.3) is 22.0 Å². The molecule has 0 bridgehead atoms. The van der Waals surface area contributed by atoms with Gasteiger partial charge >= 0.3 is 0 Å². The van der Waals surface area contributed by atoms with Gasteiger partial charge < -0.3 is 10.8 Å². The SMILES string of the molecule is CCCC(O)c1ncc(-c2cc3cnc(C4(C(N)=O)CC4)cc3cn2)c(C)n1. The first kappa shape index (κ1) is 18.4. The Kier molecular flexibility index (Phi) is 4.55. The topological polar surface area (TPSA) is 115 Å². The largest absolute Gasteiger partial charge is 0.385 e. The zero-order valence-electron chi connectivity index (χ0n) is 16.0. The van der Waals surface area contributed by atoms with Crippen molar-refractivity contribution in [2.45, 2.75) is 51.0 Å². The van der Waals surface area contributed by atoms with Gasteiger partial charge in [-0.05, 0) is 38.3 Å². The van der Waals surface area contributed by atoms with Crippen LogP contribution in [0.1, 0.15) is 55.9 Å². The zero-order valence-corrected chi connectivity index (χ0v) is 16.0. The smallest absolute Gasteiger partial charge is 0.229 e. The number of amides is 1. The Morgan fingerprint density at radius 1 is 1.18 bits per heavy atom. The Morgan fingerprint density at radius 3 is 2.54 bits per heavy atom. The summed E-state index contributed by atoms with van der Waals surface area (Å²) in [5.74, 6) is 0.124. The van der Waals surface area contributed by atoms with E-state index >= 15 is 0 Å². The molecule has 0 aromatic carbocycles. The number of aliphatic hydroxyl groups excluding tert-OH is 1. The fourth-order valence-electron chi connectivity index (χ4n) is 3.50. The van der Waals surface area contributed by atoms with Crippen LogP contribution in [-0.4, -0.2) is 30.9 Å². The van der Waals surface area contributed by atoms with Gasteiger partial charge in [0.1, 0.15) is 6.10 Å². The van der Waals surface area contributed by atoms with Gasteiger partial charge in [-0.2, -0.15) is 0 Å². The number of aliphatic hydroxyl groups is 1. The Morgan fingerprint density at radius 2 is 1.89 bits per heavy atom. The van der Waals surface area contributed by atoms with Gasteiger partial charge in [0.05, 0.1) is 22.5 Å². The Balaban J connectivity index is 1.68. The third-order valence-corrected chi connectivity index (χ3v) is 5.45. The molecule has 7 nitrogen and oxygen atoms in total. The molecule has 28 heavy (non-hydrogen) atoms. The first-order valence-corrected chi connectivity index (χ1v) is 9.53. The van der Waals surface area contributed by atoms with E-state index in [0.29, 0.717) is 12.2 Å². The fourth-order valence-corrected chi connectivity index (χ4v) is 3.50. The lowest BCUT2D eigenvalue weighted by Crippen LogP contribution is -2.29. The van der Waals surface area contributed by atoms with Crippen molar-refractivity contribution in [3.63, 3.8) is 0 Å². The number of nitrogens with zero attached hydrogens (tertiary/aromatic N) is 4. The van der Waals surface area contributed by atoms with Crippen LogP contribution in [-0.2, 0) is 10.2 Å². The second-order valence-electron chi connectivity index (χ2n) is 7.46. The van der Waals surface area contributed by atoms with E-state index in [-0.39, 0.29) is 5.91 Å². The summed E-state index contributed by atoms with van der Waals surface area (Å²) in [4.78, 5) is 29.6. The molecule has 1 unspecified atom stereocenters. The van der Waals surface area contributed by atoms with E-state index in [0.717, 1.165) is 52.7 Å². The van der Waals surface area contributed by atoms with Gasteiger partial charge in [0.2, 0.25) is 5.91 Å². The van der Waals surface area contributed by atoms with Gasteiger partial charge in [-0.15, -0.1) is 0 Å². The minimum Gasteiger partial charge on any atom is -0.385 e. The van der Waals surface area contributed by atoms with Crippen molar-refractivity contribution in [3.8, 4) is 11.3 Å². The molecule has 144 valence electrons. The number of carbonyl (C=O) groups excluding carboxylic acids is 1. The second kappa shape index (κ2) is 6.91. The second-order valence-corrected chi connectivity index (χ2v) is 7.46. The number of hydrogen-bond acceptors (Lipinski definition) is 6. The maximum atomic E-state index is 11.7. The quantitative estimate of drug-likeness (QED) is 0.682. The highest BCUT2D eigenvalue weighted by atomic mass is 16.3. The van der Waals surface area contributed by atoms with Crippen LogP contribution in [0.5, 0.6) is 0 Å². The molecule has 0 saturated heterocycles. The van der Waals surface area contributed by atoms with Gasteiger partial charge in [0.15, 0.2) is 5.82 Å². The van der Waals surface area contributed by atoms with Crippen LogP contribution in [0.3, 0.4) is 0 Å². The number of aromatic nitrogens is 4. The third-order valence-electron chi connectivity index (χ3n) is 5.45. The number of nitrogens with two attached hydrogens (primary N) is 1. The summed E-state index contributed by atoms with van der Waals surface area (Å²) >= 11 is 0. The Bertz CT molecular complexity index is 1060. The van der Waals surface area contributed by atoms with Crippen molar-refractivity contribution in [2.24, 2.45) is 5.73 Å². The molecule has 3 aromatic heterocycles. The molecule has 0 radical (unpaired) electrons. The van der Waals surface area contributed by atoms with Crippen molar-refractivity contribution in [2.75, 3.05) is 0 Å². The minimum atomic E-state index is -0.648. The van der Waals surface area contributed by atoms with Gasteiger partial charge in [-0.3, -0.25) is 14.8 Å². The van der Waals surface area contributed by atoms with E-state index in [2.05, 4.69) is 19.9 Å². The van der Waals surface area contributed by atoms with Crippen molar-refractivity contribution < 1.29 is 9.90 Å². The number of fused-ring (bicyclic) bond motifs is 1. The van der Waals surface area contributed by atoms with E-state index in [1.807, 2.05) is 26.0 Å². The molecule has 1 amide bonds. The Labute approximate surface area is 163 Å². The van der Waals surface area contributed by atoms with Crippen molar-refractivity contribution in [1.82, 2.24) is 19.9 Å². The molecule has 0 aliphatic heterocycles. The molecule has 1 atom stereocenters. The lowest BCUT2D eigenvalue weighted by Gasteiger charge is -2.12. The molecule has 3 aromatic rings. The van der Waals surface area contributed by atoms with Crippen LogP contribution >= 0.6 is 0 Å². The summed E-state index contributed by atoms with van der Waals surface area (Å²) in [5.41, 5.74) is 7.99. The lowest BCUT2D eigenvalue weighted by atomic mass is 9.99. The monoisotopic (exact) mass is 377 g/mol. The number of primary amides is 1. The van der Waals surface area contributed by atoms with Crippen LogP contribution in [0.4, 0.5) is 0 Å². The normalized spacial score (nSPS) is 16.1. The Hall–Kier alpha value is -2.93. The van der Waals surface area contributed by atoms with Crippen molar-refractivity contribution in [1.29, 1.82) is 0 Å². The molecule has 1 saturated carbocycles. The predicted octanol–water partition coefficient (Wildman–Crippen LogP) is 2.75. The van der Waals surface area contributed by atoms with Gasteiger partial charge in [0.25, 0.3) is 0 Å². The van der Waals surface area contributed by atoms with E-state index in [4.69, 9.17) is 5.73 Å². The van der Waals surface area contributed by atoms with E-state index in [1.165, 1.54) is 0 Å². The number of pyridine rings is 2. The molecule has 1 aliphatic rings. The molecule has 7 heteroatoms. The molecule has 1 aliphatic carbocycles. The average Bonchev–Trinajstić information content (AvgIpc) is 3.49. The van der Waals surface area contributed by atoms with Gasteiger partial charge in [-0.25, -0.2) is 9.97 Å². The first-order chi connectivity index (χ1) is 13.4. The molecule has 4 rings (SSSR count). The average molecular weight is 377 g/mol. The number of hydrogen-bond donors (Lipinski definition) is 2. The zero-order chi connectivity index (χ0) is 19.9. The number of rotatable bonds is 6. The molecular weight excluding hydrogens is 354 g/mol. The standard InChI is InChI=1S/C21H23N5O2/c1-3-4-17(27)19-25-11-15(12(2)26-19)16-7-13-10-24-18(8-14(13)9-23-16)21(5-6-21)20(22)28/h7-11,17,27H,3-6H2,1-2H3,(H2,22,28). The van der Waals surface area contributed by atoms with E-state index in [1.54, 1.807) is 18.6 Å². The maximum absolute atomic E-state index is 11.7. The van der Waals surface area contributed by atoms with Gasteiger partial charge in [-0.1, -0.05) is 13.3 Å². The lowest BCUT2D eigenvalue weighted by molar-refractivity contribution is -0.120. The molecule has 1 fully saturated rings. The summed E-state index contributed by atoms with van der Waals surface area (Å²) in [6.07, 6.45) is 7.58. The van der Waals surface area contributed by atoms with Crippen molar-refractivity contribution >= 4 is 16.7 Å². The highest BCUT2D eigenvalue weighted by molar-refractivity contribution is 5.91. The van der Waals surface area contributed by atoms with Crippen molar-refractivity contribution in [3.05, 3.63) is 47.9 Å². The van der Waals surface area contributed by atoms with E-state index in [9.17, 15) is 9.90 Å². The van der Waals surface area contributed by atoms with Crippen LogP contribution in [0.15, 0.2) is 30.7 Å². The van der Waals surface area contributed by atoms with Gasteiger partial charge in [0, 0.05) is 34.9 Å². The third kappa shape index (κ3) is 3.11. The number of carbonyl (C=O) groups is 1. The summed E-state index contributed by atoms with van der Waals surface area (Å²) in [7, 11) is 0.